The highest BCUT2D eigenvalue weighted by Crippen LogP contribution is 2.16. The average molecular weight is 226 g/mol. The molecular weight excluding hydrogens is 204 g/mol. The van der Waals surface area contributed by atoms with Crippen LogP contribution in [0.5, 0.6) is 0 Å². The number of carbonyl (C=O) groups excluding carboxylic acids is 1. The number of morpholine rings is 1. The van der Waals surface area contributed by atoms with Crippen LogP contribution in [0.4, 0.5) is 0 Å². The lowest BCUT2D eigenvalue weighted by Crippen LogP contribution is -2.41. The third kappa shape index (κ3) is 3.46. The monoisotopic (exact) mass is 226 g/mol. The van der Waals surface area contributed by atoms with Crippen LogP contribution in [0, 0.1) is 5.92 Å². The Kier molecular flexibility index (Phi) is 4.60. The lowest BCUT2D eigenvalue weighted by molar-refractivity contribution is -0.135. The summed E-state index contributed by atoms with van der Waals surface area (Å²) in [5, 5.41) is 3.39. The van der Waals surface area contributed by atoms with Crippen molar-refractivity contribution in [1.29, 1.82) is 0 Å². The van der Waals surface area contributed by atoms with Crippen LogP contribution in [-0.2, 0) is 9.53 Å². The summed E-state index contributed by atoms with van der Waals surface area (Å²) in [5.41, 5.74) is 0. The third-order valence-corrected chi connectivity index (χ3v) is 3.53. The predicted molar refractivity (Wildman–Crippen MR) is 62.2 cm³/mol. The van der Waals surface area contributed by atoms with E-state index in [2.05, 4.69) is 5.32 Å². The highest BCUT2D eigenvalue weighted by atomic mass is 16.5. The van der Waals surface area contributed by atoms with Gasteiger partial charge in [0.05, 0.1) is 13.2 Å². The molecule has 0 radical (unpaired) electrons. The highest BCUT2D eigenvalue weighted by Gasteiger charge is 2.19. The Bertz CT molecular complexity index is 221. The van der Waals surface area contributed by atoms with Gasteiger partial charge in [-0.3, -0.25) is 4.79 Å². The molecule has 2 aliphatic heterocycles. The molecule has 4 nitrogen and oxygen atoms in total. The molecule has 16 heavy (non-hydrogen) atoms. The summed E-state index contributed by atoms with van der Waals surface area (Å²) in [6, 6.07) is 0. The molecule has 0 bridgehead atoms. The summed E-state index contributed by atoms with van der Waals surface area (Å²) < 4.78 is 5.24. The molecule has 4 heteroatoms. The molecule has 2 fully saturated rings. The van der Waals surface area contributed by atoms with Crippen molar-refractivity contribution in [2.75, 3.05) is 39.4 Å². The second kappa shape index (κ2) is 6.21. The molecule has 1 atom stereocenters. The minimum absolute atomic E-state index is 0.314. The Morgan fingerprint density at radius 3 is 2.88 bits per heavy atom. The van der Waals surface area contributed by atoms with Crippen molar-refractivity contribution in [3.63, 3.8) is 0 Å². The van der Waals surface area contributed by atoms with Crippen molar-refractivity contribution in [3.05, 3.63) is 0 Å². The van der Waals surface area contributed by atoms with Crippen LogP contribution < -0.4 is 5.32 Å². The number of rotatable bonds is 3. The van der Waals surface area contributed by atoms with Crippen molar-refractivity contribution >= 4 is 5.91 Å². The summed E-state index contributed by atoms with van der Waals surface area (Å²) in [5.74, 6) is 1.02. The van der Waals surface area contributed by atoms with E-state index in [1.165, 1.54) is 12.8 Å². The number of piperidine rings is 1. The second-order valence-corrected chi connectivity index (χ2v) is 4.74. The van der Waals surface area contributed by atoms with Gasteiger partial charge in [-0.25, -0.2) is 0 Å². The second-order valence-electron chi connectivity index (χ2n) is 4.74. The molecule has 2 saturated heterocycles. The van der Waals surface area contributed by atoms with E-state index in [4.69, 9.17) is 4.74 Å². The van der Waals surface area contributed by atoms with E-state index in [-0.39, 0.29) is 0 Å². The third-order valence-electron chi connectivity index (χ3n) is 3.53. The smallest absolute Gasteiger partial charge is 0.222 e. The van der Waals surface area contributed by atoms with Crippen LogP contribution in [0.1, 0.15) is 25.7 Å². The Morgan fingerprint density at radius 2 is 2.19 bits per heavy atom. The van der Waals surface area contributed by atoms with Crippen molar-refractivity contribution < 1.29 is 9.53 Å². The first-order valence-electron chi connectivity index (χ1n) is 6.42. The summed E-state index contributed by atoms with van der Waals surface area (Å²) in [7, 11) is 0. The van der Waals surface area contributed by atoms with Crippen LogP contribution >= 0.6 is 0 Å². The maximum atomic E-state index is 11.9. The molecule has 0 aromatic heterocycles. The van der Waals surface area contributed by atoms with Gasteiger partial charge in [0.25, 0.3) is 0 Å². The van der Waals surface area contributed by atoms with Gasteiger partial charge in [-0.15, -0.1) is 0 Å². The van der Waals surface area contributed by atoms with E-state index in [0.29, 0.717) is 31.5 Å². The van der Waals surface area contributed by atoms with Gasteiger partial charge < -0.3 is 15.0 Å². The van der Waals surface area contributed by atoms with Crippen molar-refractivity contribution in [1.82, 2.24) is 10.2 Å². The van der Waals surface area contributed by atoms with E-state index in [1.807, 2.05) is 4.90 Å². The quantitative estimate of drug-likeness (QED) is 0.767. The van der Waals surface area contributed by atoms with Crippen LogP contribution in [0.15, 0.2) is 0 Å². The lowest BCUT2D eigenvalue weighted by atomic mass is 9.94. The van der Waals surface area contributed by atoms with Gasteiger partial charge in [0.15, 0.2) is 0 Å². The number of nitrogens with one attached hydrogen (secondary N) is 1. The highest BCUT2D eigenvalue weighted by molar-refractivity contribution is 5.76. The molecule has 2 aliphatic rings. The number of amides is 1. The molecule has 2 rings (SSSR count). The maximum absolute atomic E-state index is 11.9. The molecule has 0 aromatic rings. The first-order valence-corrected chi connectivity index (χ1v) is 6.42. The summed E-state index contributed by atoms with van der Waals surface area (Å²) in [4.78, 5) is 13.8. The SMILES string of the molecule is O=C(CCC1CCCNC1)N1CCOCC1. The van der Waals surface area contributed by atoms with E-state index < -0.39 is 0 Å². The standard InChI is InChI=1S/C12H22N2O2/c15-12(14-6-8-16-9-7-14)4-3-11-2-1-5-13-10-11/h11,13H,1-10H2. The number of hydrogen-bond donors (Lipinski definition) is 1. The maximum Gasteiger partial charge on any atom is 0.222 e. The lowest BCUT2D eigenvalue weighted by Gasteiger charge is -2.28. The Labute approximate surface area is 97.3 Å². The summed E-state index contributed by atoms with van der Waals surface area (Å²) in [6.07, 6.45) is 4.30. The number of ether oxygens (including phenoxy) is 1. The van der Waals surface area contributed by atoms with Gasteiger partial charge in [0, 0.05) is 19.5 Å². The number of nitrogens with zero attached hydrogens (tertiary/aromatic N) is 1. The number of carbonyl (C=O) groups is 1. The van der Waals surface area contributed by atoms with Gasteiger partial charge in [-0.05, 0) is 38.3 Å². The Balaban J connectivity index is 1.65. The van der Waals surface area contributed by atoms with E-state index in [0.717, 1.165) is 32.6 Å². The van der Waals surface area contributed by atoms with Gasteiger partial charge in [0.2, 0.25) is 5.91 Å². The van der Waals surface area contributed by atoms with Crippen molar-refractivity contribution in [2.24, 2.45) is 5.92 Å². The molecule has 0 saturated carbocycles. The van der Waals surface area contributed by atoms with Gasteiger partial charge in [0.1, 0.15) is 0 Å². The van der Waals surface area contributed by atoms with E-state index in [9.17, 15) is 4.79 Å². The molecule has 1 N–H and O–H groups in total. The molecular formula is C12H22N2O2. The molecule has 1 amide bonds. The van der Waals surface area contributed by atoms with Crippen LogP contribution in [0.2, 0.25) is 0 Å². The molecule has 0 aromatic carbocycles. The molecule has 1 unspecified atom stereocenters. The topological polar surface area (TPSA) is 41.6 Å². The van der Waals surface area contributed by atoms with Gasteiger partial charge in [-0.2, -0.15) is 0 Å². The fraction of sp³-hybridized carbons (Fsp3) is 0.917. The van der Waals surface area contributed by atoms with Gasteiger partial charge >= 0.3 is 0 Å². The zero-order chi connectivity index (χ0) is 11.2. The molecule has 2 heterocycles. The zero-order valence-electron chi connectivity index (χ0n) is 9.91. The molecule has 0 spiro atoms. The zero-order valence-corrected chi connectivity index (χ0v) is 9.91. The Hall–Kier alpha value is -0.610. The minimum Gasteiger partial charge on any atom is -0.378 e. The van der Waals surface area contributed by atoms with Crippen molar-refractivity contribution in [2.45, 2.75) is 25.7 Å². The fourth-order valence-corrected chi connectivity index (χ4v) is 2.47. The minimum atomic E-state index is 0.314. The van der Waals surface area contributed by atoms with Crippen LogP contribution in [0.25, 0.3) is 0 Å². The molecule has 0 aliphatic carbocycles. The van der Waals surface area contributed by atoms with Crippen LogP contribution in [-0.4, -0.2) is 50.2 Å². The van der Waals surface area contributed by atoms with Crippen molar-refractivity contribution in [3.8, 4) is 0 Å². The first-order chi connectivity index (χ1) is 7.86. The Morgan fingerprint density at radius 1 is 1.38 bits per heavy atom. The van der Waals surface area contributed by atoms with Crippen LogP contribution in [0.3, 0.4) is 0 Å². The first kappa shape index (κ1) is 11.9. The number of hydrogen-bond acceptors (Lipinski definition) is 3. The van der Waals surface area contributed by atoms with E-state index >= 15 is 0 Å². The summed E-state index contributed by atoms with van der Waals surface area (Å²) in [6.45, 7) is 5.21. The van der Waals surface area contributed by atoms with E-state index in [1.54, 1.807) is 0 Å². The van der Waals surface area contributed by atoms with Gasteiger partial charge in [-0.1, -0.05) is 0 Å². The summed E-state index contributed by atoms with van der Waals surface area (Å²) >= 11 is 0. The predicted octanol–water partition coefficient (Wildman–Crippen LogP) is 0.625. The normalized spacial score (nSPS) is 26.8. The fourth-order valence-electron chi connectivity index (χ4n) is 2.47. The molecule has 92 valence electrons. The average Bonchev–Trinajstić information content (AvgIpc) is 2.38. The largest absolute Gasteiger partial charge is 0.378 e.